The van der Waals surface area contributed by atoms with Crippen molar-refractivity contribution in [3.05, 3.63) is 74.1 Å². The number of aromatic amines is 1. The van der Waals surface area contributed by atoms with Gasteiger partial charge in [-0.3, -0.25) is 19.1 Å². The summed E-state index contributed by atoms with van der Waals surface area (Å²) in [5.41, 5.74) is 2.38. The van der Waals surface area contributed by atoms with E-state index in [4.69, 9.17) is 0 Å². The number of benzene rings is 1. The number of piperidine rings is 1. The Morgan fingerprint density at radius 3 is 2.56 bits per heavy atom. The highest BCUT2D eigenvalue weighted by Gasteiger charge is 2.24. The van der Waals surface area contributed by atoms with Gasteiger partial charge in [0.15, 0.2) is 0 Å². The van der Waals surface area contributed by atoms with Gasteiger partial charge in [0.1, 0.15) is 5.65 Å². The van der Waals surface area contributed by atoms with Gasteiger partial charge in [-0.1, -0.05) is 36.8 Å². The lowest BCUT2D eigenvalue weighted by Gasteiger charge is -2.32. The number of hydrogen-bond acceptors (Lipinski definition) is 4. The van der Waals surface area contributed by atoms with Gasteiger partial charge in [-0.05, 0) is 56.6 Å². The number of pyridine rings is 1. The Morgan fingerprint density at radius 1 is 1.16 bits per heavy atom. The molecule has 0 unspecified atom stereocenters. The molecule has 1 amide bonds. The average Bonchev–Trinajstić information content (AvgIpc) is 2.81. The van der Waals surface area contributed by atoms with E-state index in [-0.39, 0.29) is 11.3 Å². The van der Waals surface area contributed by atoms with Crippen molar-refractivity contribution in [2.75, 3.05) is 13.1 Å². The molecule has 0 atom stereocenters. The topological polar surface area (TPSA) is 88.1 Å². The Hall–Kier alpha value is -3.22. The fraction of sp³-hybridized carbons (Fsp3) is 0.440. The van der Waals surface area contributed by atoms with Gasteiger partial charge in [-0.25, -0.2) is 9.78 Å². The standard InChI is InChI=1S/C25H30N4O3/c1-3-12-29-22-21(23(30)27-25(29)32)15-20(16-26-22)24(31)28-13-10-19(11-14-28)9-8-18-6-4-17(2)5-7-18/h4-7,15-16,19H,3,8-14H2,1-2H3,(H,27,30,32). The van der Waals surface area contributed by atoms with E-state index in [2.05, 4.69) is 41.2 Å². The van der Waals surface area contributed by atoms with Gasteiger partial charge in [-0.15, -0.1) is 0 Å². The molecule has 1 fully saturated rings. The number of amides is 1. The summed E-state index contributed by atoms with van der Waals surface area (Å²) < 4.78 is 1.45. The quantitative estimate of drug-likeness (QED) is 0.645. The van der Waals surface area contributed by atoms with Crippen LogP contribution in [0.2, 0.25) is 0 Å². The van der Waals surface area contributed by atoms with Gasteiger partial charge in [0.05, 0.1) is 10.9 Å². The van der Waals surface area contributed by atoms with Crippen LogP contribution in [-0.2, 0) is 13.0 Å². The average molecular weight is 435 g/mol. The molecule has 1 N–H and O–H groups in total. The first-order chi connectivity index (χ1) is 15.5. The maximum atomic E-state index is 13.1. The van der Waals surface area contributed by atoms with Gasteiger partial charge in [0.25, 0.3) is 11.5 Å². The molecule has 7 nitrogen and oxygen atoms in total. The van der Waals surface area contributed by atoms with Crippen LogP contribution in [0.25, 0.3) is 11.0 Å². The second-order valence-corrected chi connectivity index (χ2v) is 8.77. The number of nitrogens with zero attached hydrogens (tertiary/aromatic N) is 3. The molecule has 0 spiro atoms. The van der Waals surface area contributed by atoms with E-state index in [0.29, 0.717) is 36.8 Å². The highest BCUT2D eigenvalue weighted by molar-refractivity contribution is 5.96. The number of rotatable bonds is 6. The third kappa shape index (κ3) is 4.66. The molecule has 3 heterocycles. The van der Waals surface area contributed by atoms with Crippen molar-refractivity contribution in [1.29, 1.82) is 0 Å². The van der Waals surface area contributed by atoms with Crippen molar-refractivity contribution in [2.24, 2.45) is 5.92 Å². The Morgan fingerprint density at radius 2 is 1.88 bits per heavy atom. The van der Waals surface area contributed by atoms with Crippen LogP contribution in [-0.4, -0.2) is 38.4 Å². The summed E-state index contributed by atoms with van der Waals surface area (Å²) in [4.78, 5) is 46.0. The van der Waals surface area contributed by atoms with Crippen LogP contribution in [0.1, 0.15) is 54.1 Å². The molecule has 3 aromatic rings. The highest BCUT2D eigenvalue weighted by atomic mass is 16.2. The van der Waals surface area contributed by atoms with Gasteiger partial charge in [0, 0.05) is 25.8 Å². The van der Waals surface area contributed by atoms with E-state index >= 15 is 0 Å². The molecule has 1 aromatic carbocycles. The Labute approximate surface area is 187 Å². The number of nitrogens with one attached hydrogen (secondary N) is 1. The van der Waals surface area contributed by atoms with Crippen LogP contribution >= 0.6 is 0 Å². The summed E-state index contributed by atoms with van der Waals surface area (Å²) in [6.45, 7) is 5.93. The zero-order chi connectivity index (χ0) is 22.7. The number of carbonyl (C=O) groups excluding carboxylic acids is 1. The van der Waals surface area contributed by atoms with Crippen LogP contribution in [0, 0.1) is 12.8 Å². The molecular weight excluding hydrogens is 404 g/mol. The van der Waals surface area contributed by atoms with Gasteiger partial charge in [-0.2, -0.15) is 0 Å². The Balaban J connectivity index is 1.42. The molecule has 7 heteroatoms. The van der Waals surface area contributed by atoms with Crippen LogP contribution in [0.3, 0.4) is 0 Å². The smallest absolute Gasteiger partial charge is 0.329 e. The molecule has 1 aliphatic heterocycles. The predicted molar refractivity (Wildman–Crippen MR) is 125 cm³/mol. The molecule has 0 bridgehead atoms. The maximum Gasteiger partial charge on any atom is 0.329 e. The molecule has 0 radical (unpaired) electrons. The number of hydrogen-bond donors (Lipinski definition) is 1. The predicted octanol–water partition coefficient (Wildman–Crippen LogP) is 3.29. The maximum absolute atomic E-state index is 13.1. The van der Waals surface area contributed by atoms with Crippen molar-refractivity contribution in [3.63, 3.8) is 0 Å². The van der Waals surface area contributed by atoms with Crippen LogP contribution in [0.4, 0.5) is 0 Å². The summed E-state index contributed by atoms with van der Waals surface area (Å²) >= 11 is 0. The lowest BCUT2D eigenvalue weighted by Crippen LogP contribution is -2.38. The SMILES string of the molecule is CCCn1c(=O)[nH]c(=O)c2cc(C(=O)N3CCC(CCc4ccc(C)cc4)CC3)cnc21. The van der Waals surface area contributed by atoms with Crippen LogP contribution in [0.15, 0.2) is 46.1 Å². The van der Waals surface area contributed by atoms with E-state index in [1.807, 2.05) is 11.8 Å². The molecule has 32 heavy (non-hydrogen) atoms. The third-order valence-electron chi connectivity index (χ3n) is 6.39. The number of fused-ring (bicyclic) bond motifs is 1. The summed E-state index contributed by atoms with van der Waals surface area (Å²) in [6.07, 6.45) is 6.38. The van der Waals surface area contributed by atoms with Crippen LogP contribution < -0.4 is 11.2 Å². The minimum Gasteiger partial charge on any atom is -0.339 e. The molecule has 1 saturated heterocycles. The highest BCUT2D eigenvalue weighted by Crippen LogP contribution is 2.24. The Bertz CT molecular complexity index is 1220. The number of carbonyl (C=O) groups is 1. The van der Waals surface area contributed by atoms with Gasteiger partial charge < -0.3 is 4.90 Å². The van der Waals surface area contributed by atoms with E-state index in [1.165, 1.54) is 21.9 Å². The largest absolute Gasteiger partial charge is 0.339 e. The van der Waals surface area contributed by atoms with Gasteiger partial charge >= 0.3 is 5.69 Å². The minimum atomic E-state index is -0.505. The van der Waals surface area contributed by atoms with Crippen LogP contribution in [0.5, 0.6) is 0 Å². The van der Waals surface area contributed by atoms with Crippen molar-refractivity contribution >= 4 is 16.9 Å². The molecular formula is C25H30N4O3. The zero-order valence-electron chi connectivity index (χ0n) is 18.8. The number of aromatic nitrogens is 3. The fourth-order valence-corrected chi connectivity index (χ4v) is 4.45. The number of likely N-dealkylation sites (tertiary alicyclic amines) is 1. The van der Waals surface area contributed by atoms with E-state index in [9.17, 15) is 14.4 Å². The lowest BCUT2D eigenvalue weighted by atomic mass is 9.90. The van der Waals surface area contributed by atoms with Crippen molar-refractivity contribution in [3.8, 4) is 0 Å². The summed E-state index contributed by atoms with van der Waals surface area (Å²) in [7, 11) is 0. The van der Waals surface area contributed by atoms with Crippen molar-refractivity contribution < 1.29 is 4.79 Å². The fourth-order valence-electron chi connectivity index (χ4n) is 4.45. The normalized spacial score (nSPS) is 14.8. The first-order valence-corrected chi connectivity index (χ1v) is 11.4. The van der Waals surface area contributed by atoms with E-state index < -0.39 is 11.2 Å². The lowest BCUT2D eigenvalue weighted by molar-refractivity contribution is 0.0686. The van der Waals surface area contributed by atoms with Gasteiger partial charge in [0.2, 0.25) is 0 Å². The molecule has 4 rings (SSSR count). The summed E-state index contributed by atoms with van der Waals surface area (Å²) in [5, 5.41) is 0.275. The zero-order valence-corrected chi connectivity index (χ0v) is 18.8. The van der Waals surface area contributed by atoms with Crippen molar-refractivity contribution in [2.45, 2.75) is 52.5 Å². The molecule has 168 valence electrons. The van der Waals surface area contributed by atoms with E-state index in [0.717, 1.165) is 32.1 Å². The monoisotopic (exact) mass is 434 g/mol. The second kappa shape index (κ2) is 9.51. The third-order valence-corrected chi connectivity index (χ3v) is 6.39. The molecule has 0 aliphatic carbocycles. The number of aryl methyl sites for hydroxylation is 3. The Kier molecular flexibility index (Phi) is 6.53. The molecule has 2 aromatic heterocycles. The van der Waals surface area contributed by atoms with E-state index in [1.54, 1.807) is 6.07 Å². The molecule has 1 aliphatic rings. The summed E-state index contributed by atoms with van der Waals surface area (Å²) in [5.74, 6) is 0.505. The minimum absolute atomic E-state index is 0.107. The first kappa shape index (κ1) is 22.0. The summed E-state index contributed by atoms with van der Waals surface area (Å²) in [6, 6.07) is 10.3. The molecule has 0 saturated carbocycles. The second-order valence-electron chi connectivity index (χ2n) is 8.77. The number of H-pyrrole nitrogens is 1. The first-order valence-electron chi connectivity index (χ1n) is 11.4. The van der Waals surface area contributed by atoms with Crippen molar-refractivity contribution in [1.82, 2.24) is 19.4 Å².